The predicted molar refractivity (Wildman–Crippen MR) is 87.6 cm³/mol. The lowest BCUT2D eigenvalue weighted by Gasteiger charge is -2.10. The molecule has 0 fully saturated rings. The van der Waals surface area contributed by atoms with Crippen molar-refractivity contribution in [1.29, 1.82) is 0 Å². The zero-order chi connectivity index (χ0) is 15.6. The van der Waals surface area contributed by atoms with Crippen LogP contribution in [-0.4, -0.2) is 32.4 Å². The average molecular weight is 305 g/mol. The minimum Gasteiger partial charge on any atom is -0.358 e. The fourth-order valence-corrected chi connectivity index (χ4v) is 2.69. The molecule has 0 unspecified atom stereocenters. The van der Waals surface area contributed by atoms with Gasteiger partial charge in [0, 0.05) is 36.1 Å². The predicted octanol–water partition coefficient (Wildman–Crippen LogP) is 2.26. The van der Waals surface area contributed by atoms with Crippen LogP contribution in [0.4, 0.5) is 0 Å². The highest BCUT2D eigenvalue weighted by atomic mass is 16.1. The quantitative estimate of drug-likeness (QED) is 0.693. The van der Waals surface area contributed by atoms with Crippen LogP contribution in [0.15, 0.2) is 36.9 Å². The molecule has 3 aromatic heterocycles. The molecule has 114 valence electrons. The minimum absolute atomic E-state index is 0.0119. The van der Waals surface area contributed by atoms with Gasteiger partial charge in [0.05, 0.1) is 29.5 Å². The summed E-state index contributed by atoms with van der Waals surface area (Å²) in [5, 5.41) is 2.86. The van der Waals surface area contributed by atoms with Crippen LogP contribution in [0.2, 0.25) is 0 Å². The number of imidazole rings is 1. The number of carbonyl (C=O) groups excluding carboxylic acids is 1. The Balaban J connectivity index is 1.65. The van der Waals surface area contributed by atoms with Gasteiger partial charge >= 0.3 is 0 Å². The van der Waals surface area contributed by atoms with Gasteiger partial charge in [-0.05, 0) is 30.4 Å². The number of carbonyl (C=O) groups is 1. The maximum Gasteiger partial charge on any atom is 0.253 e. The van der Waals surface area contributed by atoms with Crippen LogP contribution in [0.5, 0.6) is 0 Å². The maximum atomic E-state index is 11.9. The van der Waals surface area contributed by atoms with Crippen molar-refractivity contribution in [3.05, 3.63) is 59.6 Å². The SMILES string of the molecule is O=C1NCCc2[nH]c(-c3ccnc(/C=C/c4cnc[nH]4)c3)cc21. The van der Waals surface area contributed by atoms with Gasteiger partial charge in [-0.15, -0.1) is 0 Å². The van der Waals surface area contributed by atoms with Crippen LogP contribution >= 0.6 is 0 Å². The number of nitrogens with one attached hydrogen (secondary N) is 3. The molecule has 0 aliphatic carbocycles. The first-order chi connectivity index (χ1) is 11.3. The molecular formula is C17H15N5O. The molecule has 0 aromatic carbocycles. The minimum atomic E-state index is -0.0119. The number of amides is 1. The normalized spacial score (nSPS) is 14.0. The summed E-state index contributed by atoms with van der Waals surface area (Å²) in [5.41, 5.74) is 5.43. The van der Waals surface area contributed by atoms with Crippen molar-refractivity contribution >= 4 is 18.1 Å². The molecule has 4 rings (SSSR count). The van der Waals surface area contributed by atoms with Crippen LogP contribution in [0.25, 0.3) is 23.4 Å². The van der Waals surface area contributed by atoms with Crippen molar-refractivity contribution in [3.8, 4) is 11.3 Å². The molecule has 1 aliphatic rings. The molecule has 0 radical (unpaired) electrons. The van der Waals surface area contributed by atoms with E-state index in [0.29, 0.717) is 6.54 Å². The molecule has 3 N–H and O–H groups in total. The van der Waals surface area contributed by atoms with Crippen LogP contribution in [0.1, 0.15) is 27.4 Å². The maximum absolute atomic E-state index is 11.9. The van der Waals surface area contributed by atoms with E-state index >= 15 is 0 Å². The number of fused-ring (bicyclic) bond motifs is 1. The lowest BCUT2D eigenvalue weighted by Crippen LogP contribution is -2.31. The summed E-state index contributed by atoms with van der Waals surface area (Å²) in [7, 11) is 0. The van der Waals surface area contributed by atoms with Gasteiger partial charge in [0.15, 0.2) is 0 Å². The van der Waals surface area contributed by atoms with Gasteiger partial charge in [0.25, 0.3) is 5.91 Å². The van der Waals surface area contributed by atoms with Crippen molar-refractivity contribution < 1.29 is 4.79 Å². The van der Waals surface area contributed by atoms with Crippen LogP contribution in [0.3, 0.4) is 0 Å². The van der Waals surface area contributed by atoms with E-state index in [2.05, 4.69) is 25.3 Å². The molecule has 6 heteroatoms. The number of H-pyrrole nitrogens is 2. The molecule has 0 spiro atoms. The molecule has 1 amide bonds. The molecular weight excluding hydrogens is 290 g/mol. The van der Waals surface area contributed by atoms with Gasteiger partial charge in [0.1, 0.15) is 0 Å². The summed E-state index contributed by atoms with van der Waals surface area (Å²) in [5.74, 6) is -0.0119. The van der Waals surface area contributed by atoms with E-state index in [1.807, 2.05) is 30.4 Å². The Hall–Kier alpha value is -3.15. The first-order valence-electron chi connectivity index (χ1n) is 7.42. The van der Waals surface area contributed by atoms with E-state index in [1.54, 1.807) is 18.7 Å². The number of hydrogen-bond acceptors (Lipinski definition) is 3. The number of aromatic amines is 2. The molecule has 4 heterocycles. The number of hydrogen-bond donors (Lipinski definition) is 3. The van der Waals surface area contributed by atoms with Crippen LogP contribution in [-0.2, 0) is 6.42 Å². The van der Waals surface area contributed by atoms with Crippen molar-refractivity contribution in [2.45, 2.75) is 6.42 Å². The van der Waals surface area contributed by atoms with Gasteiger partial charge in [-0.2, -0.15) is 0 Å². The Morgan fingerprint density at radius 2 is 2.17 bits per heavy atom. The number of nitrogens with zero attached hydrogens (tertiary/aromatic N) is 2. The molecule has 3 aromatic rings. The lowest BCUT2D eigenvalue weighted by atomic mass is 10.1. The summed E-state index contributed by atoms with van der Waals surface area (Å²) in [4.78, 5) is 26.6. The zero-order valence-corrected chi connectivity index (χ0v) is 12.3. The highest BCUT2D eigenvalue weighted by molar-refractivity contribution is 5.97. The van der Waals surface area contributed by atoms with Gasteiger partial charge in [-0.25, -0.2) is 4.98 Å². The van der Waals surface area contributed by atoms with Gasteiger partial charge in [-0.3, -0.25) is 9.78 Å². The highest BCUT2D eigenvalue weighted by Crippen LogP contribution is 2.24. The zero-order valence-electron chi connectivity index (χ0n) is 12.3. The van der Waals surface area contributed by atoms with Crippen LogP contribution < -0.4 is 5.32 Å². The Kier molecular flexibility index (Phi) is 3.27. The molecule has 0 bridgehead atoms. The second kappa shape index (κ2) is 5.57. The van der Waals surface area contributed by atoms with E-state index < -0.39 is 0 Å². The second-order valence-electron chi connectivity index (χ2n) is 5.39. The largest absolute Gasteiger partial charge is 0.358 e. The van der Waals surface area contributed by atoms with E-state index in [-0.39, 0.29) is 5.91 Å². The van der Waals surface area contributed by atoms with E-state index in [1.165, 1.54) is 0 Å². The standard InChI is InChI=1S/C17H15N5O/c23-17-14-8-16(22-15(14)4-6-20-17)11-3-5-19-12(7-11)1-2-13-9-18-10-21-13/h1-3,5,7-10,22H,4,6H2,(H,18,21)(H,20,23)/b2-1+. The molecule has 6 nitrogen and oxygen atoms in total. The van der Waals surface area contributed by atoms with Crippen molar-refractivity contribution in [3.63, 3.8) is 0 Å². The van der Waals surface area contributed by atoms with Gasteiger partial charge < -0.3 is 15.3 Å². The fourth-order valence-electron chi connectivity index (χ4n) is 2.69. The van der Waals surface area contributed by atoms with E-state index in [0.717, 1.165) is 40.3 Å². The molecule has 0 saturated carbocycles. The summed E-state index contributed by atoms with van der Waals surface area (Å²) in [6.07, 6.45) is 9.83. The summed E-state index contributed by atoms with van der Waals surface area (Å²) in [6, 6.07) is 5.83. The monoisotopic (exact) mass is 305 g/mol. The Bertz CT molecular complexity index is 876. The van der Waals surface area contributed by atoms with Crippen molar-refractivity contribution in [1.82, 2.24) is 25.3 Å². The molecule has 0 atom stereocenters. The fraction of sp³-hybridized carbons (Fsp3) is 0.118. The van der Waals surface area contributed by atoms with E-state index in [4.69, 9.17) is 0 Å². The second-order valence-corrected chi connectivity index (χ2v) is 5.39. The number of rotatable bonds is 3. The summed E-state index contributed by atoms with van der Waals surface area (Å²) >= 11 is 0. The Morgan fingerprint density at radius 1 is 1.22 bits per heavy atom. The van der Waals surface area contributed by atoms with Crippen molar-refractivity contribution in [2.24, 2.45) is 0 Å². The van der Waals surface area contributed by atoms with Gasteiger partial charge in [0.2, 0.25) is 0 Å². The van der Waals surface area contributed by atoms with Crippen LogP contribution in [0, 0.1) is 0 Å². The third kappa shape index (κ3) is 2.66. The van der Waals surface area contributed by atoms with E-state index in [9.17, 15) is 4.79 Å². The number of pyridine rings is 1. The lowest BCUT2D eigenvalue weighted by molar-refractivity contribution is 0.0946. The summed E-state index contributed by atoms with van der Waals surface area (Å²) < 4.78 is 0. The third-order valence-electron chi connectivity index (χ3n) is 3.85. The van der Waals surface area contributed by atoms with Gasteiger partial charge in [-0.1, -0.05) is 0 Å². The number of aromatic nitrogens is 4. The first kappa shape index (κ1) is 13.5. The van der Waals surface area contributed by atoms with Crippen molar-refractivity contribution in [2.75, 3.05) is 6.54 Å². The average Bonchev–Trinajstić information content (AvgIpc) is 3.23. The molecule has 0 saturated heterocycles. The smallest absolute Gasteiger partial charge is 0.253 e. The summed E-state index contributed by atoms with van der Waals surface area (Å²) in [6.45, 7) is 0.681. The molecule has 1 aliphatic heterocycles. The Morgan fingerprint density at radius 3 is 3.00 bits per heavy atom. The topological polar surface area (TPSA) is 86.5 Å². The Labute approximate surface area is 132 Å². The third-order valence-corrected chi connectivity index (χ3v) is 3.85. The highest BCUT2D eigenvalue weighted by Gasteiger charge is 2.19. The molecule has 23 heavy (non-hydrogen) atoms. The first-order valence-corrected chi connectivity index (χ1v) is 7.42.